The molecule has 1 aromatic heterocycles. The Morgan fingerprint density at radius 2 is 1.57 bits per heavy atom. The third-order valence-electron chi connectivity index (χ3n) is 0.204. The van der Waals surface area contributed by atoms with Gasteiger partial charge in [-0.05, 0) is 0 Å². The summed E-state index contributed by atoms with van der Waals surface area (Å²) in [6.45, 7) is 0. The fourth-order valence-corrected chi connectivity index (χ4v) is 0.0618. The predicted octanol–water partition coefficient (Wildman–Crippen LogP) is -0.999. The first-order valence-corrected chi connectivity index (χ1v) is 0.946. The molecule has 1 aromatic rings. The Hall–Kier alpha value is 0.407. The standard InChI is InChI=1S/CO4.Ce.H2O/c2-1-3-5-4-1;;/h;;1H2. The van der Waals surface area contributed by atoms with Gasteiger partial charge in [-0.3, -0.25) is 0 Å². The summed E-state index contributed by atoms with van der Waals surface area (Å²) in [5.74, 6) is -0.787. The first kappa shape index (κ1) is 10.4. The van der Waals surface area contributed by atoms with Gasteiger partial charge in [0.1, 0.15) is 0 Å². The van der Waals surface area contributed by atoms with Crippen LogP contribution in [0.1, 0.15) is 0 Å². The van der Waals surface area contributed by atoms with E-state index in [1.807, 2.05) is 0 Å². The molecule has 40 valence electrons. The summed E-state index contributed by atoms with van der Waals surface area (Å²) in [6.07, 6.45) is 0. The molecule has 5 nitrogen and oxygen atoms in total. The molecule has 0 unspecified atom stereocenters. The topological polar surface area (TPSA) is 88.0 Å². The normalized spacial score (nSPS) is 6.29. The van der Waals surface area contributed by atoms with Gasteiger partial charge in [0.15, 0.2) is 0 Å². The van der Waals surface area contributed by atoms with Crippen molar-refractivity contribution in [2.75, 3.05) is 0 Å². The van der Waals surface area contributed by atoms with Crippen molar-refractivity contribution in [1.82, 2.24) is 0 Å². The van der Waals surface area contributed by atoms with Gasteiger partial charge in [0, 0.05) is 41.7 Å². The molecule has 0 atom stereocenters. The molecule has 0 radical (unpaired) electrons. The van der Waals surface area contributed by atoms with E-state index in [-0.39, 0.29) is 47.2 Å². The zero-order valence-electron chi connectivity index (χ0n) is 3.13. The van der Waals surface area contributed by atoms with Gasteiger partial charge in [0.25, 0.3) is 0 Å². The molecule has 0 amide bonds. The molecule has 0 aliphatic heterocycles. The van der Waals surface area contributed by atoms with E-state index < -0.39 is 5.82 Å². The van der Waals surface area contributed by atoms with Gasteiger partial charge >= 0.3 is 5.82 Å². The van der Waals surface area contributed by atoms with Gasteiger partial charge in [-0.1, -0.05) is 4.74 Å². The fraction of sp³-hybridized carbons (Fsp3) is 0. The Balaban J connectivity index is 0. The van der Waals surface area contributed by atoms with Gasteiger partial charge in [0.05, 0.1) is 0 Å². The minimum Gasteiger partial charge on any atom is -0.412 e. The zero-order valence-corrected chi connectivity index (χ0v) is 6.27. The molecule has 0 fully saturated rings. The average molecular weight is 234 g/mol. The summed E-state index contributed by atoms with van der Waals surface area (Å²) < 4.78 is 10.6. The smallest absolute Gasteiger partial charge is 0.412 e. The van der Waals surface area contributed by atoms with E-state index in [0.29, 0.717) is 0 Å². The van der Waals surface area contributed by atoms with Crippen LogP contribution in [0.25, 0.3) is 0 Å². The number of hydrogen-bond acceptors (Lipinski definition) is 4. The van der Waals surface area contributed by atoms with Gasteiger partial charge < -0.3 is 5.48 Å². The molecular weight excluding hydrogens is 232 g/mol. The van der Waals surface area contributed by atoms with Crippen molar-refractivity contribution < 1.29 is 61.1 Å². The second-order valence-electron chi connectivity index (χ2n) is 0.485. The van der Waals surface area contributed by atoms with E-state index in [2.05, 4.69) is 13.9 Å². The minimum absolute atomic E-state index is 0. The predicted molar refractivity (Wildman–Crippen MR) is 13.1 cm³/mol. The third-order valence-corrected chi connectivity index (χ3v) is 0.204. The van der Waals surface area contributed by atoms with Gasteiger partial charge in [-0.15, -0.1) is 0 Å². The van der Waals surface area contributed by atoms with Crippen molar-refractivity contribution in [2.45, 2.75) is 0 Å². The molecule has 0 spiro atoms. The fourth-order valence-electron chi connectivity index (χ4n) is 0.0618. The Bertz CT molecular complexity index is 123. The SMILES string of the molecule is O.O=c1ooo1.[Ce]. The van der Waals surface area contributed by atoms with Crippen LogP contribution in [0.2, 0.25) is 0 Å². The number of hydrogen-bond donors (Lipinski definition) is 0. The molecule has 7 heavy (non-hydrogen) atoms. The maximum atomic E-state index is 9.33. The maximum Gasteiger partial charge on any atom is 0.597 e. The molecule has 1 heterocycles. The van der Waals surface area contributed by atoms with Crippen molar-refractivity contribution in [2.24, 2.45) is 0 Å². The quantitative estimate of drug-likeness (QED) is 0.538. The van der Waals surface area contributed by atoms with E-state index in [0.717, 1.165) is 0 Å². The van der Waals surface area contributed by atoms with Crippen LogP contribution in [0.4, 0.5) is 0 Å². The van der Waals surface area contributed by atoms with Crippen LogP contribution in [0, 0.1) is 41.7 Å². The Morgan fingerprint density at radius 3 is 1.57 bits per heavy atom. The van der Waals surface area contributed by atoms with Crippen LogP contribution in [0.3, 0.4) is 0 Å². The molecule has 2 N–H and O–H groups in total. The van der Waals surface area contributed by atoms with Crippen LogP contribution in [0.15, 0.2) is 18.7 Å². The van der Waals surface area contributed by atoms with E-state index in [9.17, 15) is 4.79 Å². The van der Waals surface area contributed by atoms with Crippen molar-refractivity contribution in [3.63, 3.8) is 0 Å². The van der Waals surface area contributed by atoms with Gasteiger partial charge in [-0.25, -0.2) is 0 Å². The average Bonchev–Trinajstić information content (AvgIpc) is 1.30. The molecule has 0 aromatic carbocycles. The molecular formula is CH2CeO5. The van der Waals surface area contributed by atoms with Gasteiger partial charge in [-0.2, -0.15) is 13.9 Å². The van der Waals surface area contributed by atoms with E-state index in [1.165, 1.54) is 0 Å². The molecule has 0 saturated heterocycles. The number of rotatable bonds is 0. The molecule has 0 bridgehead atoms. The maximum absolute atomic E-state index is 9.33. The van der Waals surface area contributed by atoms with E-state index >= 15 is 0 Å². The molecule has 0 aliphatic rings. The van der Waals surface area contributed by atoms with Crippen LogP contribution in [0.5, 0.6) is 0 Å². The second kappa shape index (κ2) is 4.56. The summed E-state index contributed by atoms with van der Waals surface area (Å²) in [7, 11) is 0. The third kappa shape index (κ3) is 3.03. The van der Waals surface area contributed by atoms with Crippen LogP contribution in [-0.4, -0.2) is 5.48 Å². The first-order valence-electron chi connectivity index (χ1n) is 0.946. The molecule has 6 heteroatoms. The monoisotopic (exact) mass is 234 g/mol. The van der Waals surface area contributed by atoms with E-state index in [4.69, 9.17) is 0 Å². The minimum atomic E-state index is -0.787. The molecule has 1 rings (SSSR count). The summed E-state index contributed by atoms with van der Waals surface area (Å²) in [5.41, 5.74) is 0. The van der Waals surface area contributed by atoms with Crippen molar-refractivity contribution in [3.8, 4) is 0 Å². The summed E-state index contributed by atoms with van der Waals surface area (Å²) in [5, 5.41) is 0. The Labute approximate surface area is 71.2 Å². The van der Waals surface area contributed by atoms with Crippen molar-refractivity contribution in [3.05, 3.63) is 10.6 Å². The van der Waals surface area contributed by atoms with E-state index in [1.54, 1.807) is 0 Å². The Kier molecular flexibility index (Phi) is 6.78. The largest absolute Gasteiger partial charge is 0.597 e. The molecule has 0 saturated carbocycles. The first-order chi connectivity index (χ1) is 2.39. The van der Waals surface area contributed by atoms with Crippen molar-refractivity contribution >= 4 is 0 Å². The molecule has 0 aliphatic carbocycles. The van der Waals surface area contributed by atoms with Crippen LogP contribution >= 0.6 is 0 Å². The van der Waals surface area contributed by atoms with Crippen LogP contribution in [-0.2, 0) is 0 Å². The second-order valence-corrected chi connectivity index (χ2v) is 0.485. The van der Waals surface area contributed by atoms with Gasteiger partial charge in [0.2, 0.25) is 0 Å². The van der Waals surface area contributed by atoms with Crippen LogP contribution < -0.4 is 5.82 Å². The Morgan fingerprint density at radius 1 is 1.29 bits per heavy atom. The summed E-state index contributed by atoms with van der Waals surface area (Å²) in [4.78, 5) is 9.33. The summed E-state index contributed by atoms with van der Waals surface area (Å²) in [6, 6.07) is 0. The zero-order chi connectivity index (χ0) is 3.70. The van der Waals surface area contributed by atoms with Crippen molar-refractivity contribution in [1.29, 1.82) is 0 Å². The summed E-state index contributed by atoms with van der Waals surface area (Å²) >= 11 is 0.